The number of fused-ring (bicyclic) bond motifs is 1. The van der Waals surface area contributed by atoms with Crippen LogP contribution in [0.25, 0.3) is 11.1 Å². The minimum absolute atomic E-state index is 0.0802. The second-order valence-corrected chi connectivity index (χ2v) is 9.97. The number of hydrogen-bond donors (Lipinski definition) is 1. The van der Waals surface area contributed by atoms with Gasteiger partial charge in [0.25, 0.3) is 0 Å². The lowest BCUT2D eigenvalue weighted by Crippen LogP contribution is -2.51. The monoisotopic (exact) mass is 442 g/mol. The Bertz CT molecular complexity index is 1240. The van der Waals surface area contributed by atoms with Gasteiger partial charge < -0.3 is 10.1 Å². The number of nitrogens with zero attached hydrogens (tertiary/aromatic N) is 3. The Kier molecular flexibility index (Phi) is 5.00. The van der Waals surface area contributed by atoms with E-state index in [4.69, 9.17) is 4.74 Å². The largest absolute Gasteiger partial charge is 0.494 e. The van der Waals surface area contributed by atoms with E-state index in [0.717, 1.165) is 57.8 Å². The molecule has 6 nitrogen and oxygen atoms in total. The molecule has 2 aromatic rings. The summed E-state index contributed by atoms with van der Waals surface area (Å²) in [6.07, 6.45) is 5.54. The van der Waals surface area contributed by atoms with Gasteiger partial charge in [-0.05, 0) is 48.4 Å². The zero-order valence-corrected chi connectivity index (χ0v) is 19.9. The van der Waals surface area contributed by atoms with Gasteiger partial charge >= 0.3 is 0 Å². The summed E-state index contributed by atoms with van der Waals surface area (Å²) in [4.78, 5) is 18.0. The van der Waals surface area contributed by atoms with Gasteiger partial charge in [0.1, 0.15) is 5.75 Å². The third kappa shape index (κ3) is 3.23. The number of carbonyl (C=O) groups excluding carboxylic acids is 1. The molecule has 0 amide bonds. The molecule has 0 bridgehead atoms. The van der Waals surface area contributed by atoms with Crippen LogP contribution in [-0.4, -0.2) is 24.0 Å². The van der Waals surface area contributed by atoms with Crippen LogP contribution in [-0.2, 0) is 10.2 Å². The van der Waals surface area contributed by atoms with Gasteiger partial charge in [0, 0.05) is 35.0 Å². The molecular formula is C27H30N4O2. The van der Waals surface area contributed by atoms with Crippen molar-refractivity contribution in [3.63, 3.8) is 0 Å². The zero-order valence-electron chi connectivity index (χ0n) is 19.9. The number of ketones is 1. The number of hydrogen-bond acceptors (Lipinski definition) is 6. The van der Waals surface area contributed by atoms with Crippen molar-refractivity contribution >= 4 is 5.78 Å². The summed E-state index contributed by atoms with van der Waals surface area (Å²) in [6, 6.07) is 10.5. The highest BCUT2D eigenvalue weighted by Crippen LogP contribution is 2.54. The van der Waals surface area contributed by atoms with E-state index in [2.05, 4.69) is 65.6 Å². The number of rotatable bonds is 4. The van der Waals surface area contributed by atoms with Crippen molar-refractivity contribution in [1.29, 1.82) is 0 Å². The van der Waals surface area contributed by atoms with Crippen LogP contribution in [0.2, 0.25) is 0 Å². The molecule has 0 saturated carbocycles. The quantitative estimate of drug-likeness (QED) is 0.665. The molecule has 5 rings (SSSR count). The van der Waals surface area contributed by atoms with E-state index in [0.29, 0.717) is 6.42 Å². The smallest absolute Gasteiger partial charge is 0.164 e. The number of benzene rings is 1. The first-order valence-electron chi connectivity index (χ1n) is 11.5. The van der Waals surface area contributed by atoms with Crippen molar-refractivity contribution in [3.05, 3.63) is 70.8 Å². The van der Waals surface area contributed by atoms with Crippen LogP contribution in [0.5, 0.6) is 5.75 Å². The van der Waals surface area contributed by atoms with Gasteiger partial charge in [-0.3, -0.25) is 9.78 Å². The van der Waals surface area contributed by atoms with E-state index < -0.39 is 5.41 Å². The lowest BCUT2D eigenvalue weighted by atomic mass is 9.58. The van der Waals surface area contributed by atoms with Gasteiger partial charge in [-0.15, -0.1) is 0 Å². The van der Waals surface area contributed by atoms with E-state index in [-0.39, 0.29) is 17.4 Å². The molecule has 0 radical (unpaired) electrons. The Balaban J connectivity index is 1.74. The second-order valence-electron chi connectivity index (χ2n) is 9.97. The van der Waals surface area contributed by atoms with E-state index >= 15 is 0 Å². The minimum Gasteiger partial charge on any atom is -0.494 e. The molecule has 33 heavy (non-hydrogen) atoms. The number of pyridine rings is 1. The SMILES string of the molecule is CCC1(c2cccc(-c3ccnc(C)c3OC)c2)C2=CN=NC2NC2=C1C(=O)CC(C)(C)C2. The van der Waals surface area contributed by atoms with Crippen molar-refractivity contribution in [2.75, 3.05) is 7.11 Å². The van der Waals surface area contributed by atoms with Crippen molar-refractivity contribution in [2.24, 2.45) is 15.6 Å². The maximum absolute atomic E-state index is 13.7. The number of allylic oxidation sites excluding steroid dienone is 2. The summed E-state index contributed by atoms with van der Waals surface area (Å²) >= 11 is 0. The fourth-order valence-corrected chi connectivity index (χ4v) is 5.88. The molecule has 1 N–H and O–H groups in total. The Labute approximate surface area is 194 Å². The normalized spacial score (nSPS) is 25.3. The molecule has 0 fully saturated rings. The Hall–Kier alpha value is -3.28. The number of azo groups is 1. The van der Waals surface area contributed by atoms with Gasteiger partial charge in [0.15, 0.2) is 11.9 Å². The molecule has 0 saturated heterocycles. The molecule has 0 spiro atoms. The first-order chi connectivity index (χ1) is 15.8. The second kappa shape index (κ2) is 7.65. The average molecular weight is 443 g/mol. The molecule has 6 heteroatoms. The van der Waals surface area contributed by atoms with Crippen molar-refractivity contribution in [3.8, 4) is 16.9 Å². The van der Waals surface area contributed by atoms with Crippen LogP contribution in [0.4, 0.5) is 0 Å². The predicted molar refractivity (Wildman–Crippen MR) is 128 cm³/mol. The number of nitrogens with one attached hydrogen (secondary N) is 1. The fraction of sp³-hybridized carbons (Fsp3) is 0.407. The summed E-state index contributed by atoms with van der Waals surface area (Å²) in [5, 5.41) is 12.3. The number of aromatic nitrogens is 1. The van der Waals surface area contributed by atoms with Gasteiger partial charge in [-0.2, -0.15) is 10.2 Å². The molecule has 2 atom stereocenters. The van der Waals surface area contributed by atoms with E-state index in [1.54, 1.807) is 13.3 Å². The Morgan fingerprint density at radius 2 is 2.03 bits per heavy atom. The van der Waals surface area contributed by atoms with Crippen LogP contribution in [0, 0.1) is 12.3 Å². The number of aryl methyl sites for hydroxylation is 1. The number of methoxy groups -OCH3 is 1. The summed E-state index contributed by atoms with van der Waals surface area (Å²) < 4.78 is 5.69. The lowest BCUT2D eigenvalue weighted by molar-refractivity contribution is -0.119. The molecule has 2 aliphatic heterocycles. The summed E-state index contributed by atoms with van der Waals surface area (Å²) in [6.45, 7) is 8.42. The predicted octanol–water partition coefficient (Wildman–Crippen LogP) is 5.64. The Morgan fingerprint density at radius 1 is 1.21 bits per heavy atom. The number of Topliss-reactive ketones (excluding diaryl/α,β-unsaturated/α-hetero) is 1. The van der Waals surface area contributed by atoms with E-state index in [1.807, 2.05) is 19.2 Å². The van der Waals surface area contributed by atoms with Gasteiger partial charge in [0.05, 0.1) is 24.4 Å². The third-order valence-electron chi connectivity index (χ3n) is 7.26. The van der Waals surface area contributed by atoms with Crippen LogP contribution < -0.4 is 10.1 Å². The van der Waals surface area contributed by atoms with Crippen LogP contribution >= 0.6 is 0 Å². The number of ether oxygens (including phenoxy) is 1. The summed E-state index contributed by atoms with van der Waals surface area (Å²) in [5.74, 6) is 0.980. The molecule has 2 unspecified atom stereocenters. The van der Waals surface area contributed by atoms with Crippen LogP contribution in [0.3, 0.4) is 0 Å². The third-order valence-corrected chi connectivity index (χ3v) is 7.26. The van der Waals surface area contributed by atoms with Crippen LogP contribution in [0.15, 0.2) is 69.8 Å². The number of carbonyl (C=O) groups is 1. The topological polar surface area (TPSA) is 75.9 Å². The van der Waals surface area contributed by atoms with Crippen molar-refractivity contribution in [2.45, 2.75) is 58.5 Å². The van der Waals surface area contributed by atoms with E-state index in [9.17, 15) is 4.79 Å². The van der Waals surface area contributed by atoms with Crippen molar-refractivity contribution in [1.82, 2.24) is 10.3 Å². The average Bonchev–Trinajstić information content (AvgIpc) is 3.25. The molecule has 1 aromatic heterocycles. The first-order valence-corrected chi connectivity index (χ1v) is 11.5. The first kappa shape index (κ1) is 21.6. The molecule has 3 aliphatic rings. The van der Waals surface area contributed by atoms with Crippen LogP contribution in [0.1, 0.15) is 51.3 Å². The van der Waals surface area contributed by atoms with Gasteiger partial charge in [-0.1, -0.05) is 39.0 Å². The maximum Gasteiger partial charge on any atom is 0.164 e. The zero-order chi connectivity index (χ0) is 23.4. The fourth-order valence-electron chi connectivity index (χ4n) is 5.88. The molecular weight excluding hydrogens is 412 g/mol. The Morgan fingerprint density at radius 3 is 2.79 bits per heavy atom. The molecule has 1 aromatic carbocycles. The maximum atomic E-state index is 13.7. The van der Waals surface area contributed by atoms with Gasteiger partial charge in [-0.25, -0.2) is 0 Å². The molecule has 170 valence electrons. The standard InChI is InChI=1S/C27H30N4O2/c1-6-27(18-9-7-8-17(12-18)19-10-11-28-16(2)24(19)33-5)20-15-29-31-25(20)30-21-13-26(3,4)14-22(32)23(21)27/h7-12,15,25,30H,6,13-14H2,1-5H3. The highest BCUT2D eigenvalue weighted by molar-refractivity contribution is 6.01. The lowest BCUT2D eigenvalue weighted by Gasteiger charge is -2.47. The molecule has 3 heterocycles. The summed E-state index contributed by atoms with van der Waals surface area (Å²) in [7, 11) is 1.67. The summed E-state index contributed by atoms with van der Waals surface area (Å²) in [5.41, 5.74) is 6.27. The van der Waals surface area contributed by atoms with Gasteiger partial charge in [0.2, 0.25) is 0 Å². The van der Waals surface area contributed by atoms with E-state index in [1.165, 1.54) is 0 Å². The highest BCUT2D eigenvalue weighted by atomic mass is 16.5. The van der Waals surface area contributed by atoms with Crippen molar-refractivity contribution < 1.29 is 9.53 Å². The highest BCUT2D eigenvalue weighted by Gasteiger charge is 2.53. The molecule has 1 aliphatic carbocycles. The minimum atomic E-state index is -0.562.